The van der Waals surface area contributed by atoms with Gasteiger partial charge in [0, 0.05) is 6.04 Å². The van der Waals surface area contributed by atoms with Gasteiger partial charge < -0.3 is 10.1 Å². The first-order valence-electron chi connectivity index (χ1n) is 7.26. The van der Waals surface area contributed by atoms with Crippen LogP contribution in [0.1, 0.15) is 60.8 Å². The molecule has 2 unspecified atom stereocenters. The number of ether oxygens (including phenoxy) is 1. The Bertz CT molecular complexity index is 281. The van der Waals surface area contributed by atoms with Crippen molar-refractivity contribution in [2.45, 2.75) is 72.4 Å². The van der Waals surface area contributed by atoms with Crippen molar-refractivity contribution < 1.29 is 9.53 Å². The molecule has 0 rings (SSSR count). The van der Waals surface area contributed by atoms with E-state index in [2.05, 4.69) is 25.7 Å². The van der Waals surface area contributed by atoms with Crippen molar-refractivity contribution in [3.05, 3.63) is 12.7 Å². The van der Waals surface area contributed by atoms with Gasteiger partial charge in [0.1, 0.15) is 5.60 Å². The lowest BCUT2D eigenvalue weighted by Gasteiger charge is -2.26. The molecule has 0 radical (unpaired) electrons. The van der Waals surface area contributed by atoms with Crippen molar-refractivity contribution >= 4 is 6.09 Å². The molecule has 0 saturated heterocycles. The zero-order valence-electron chi connectivity index (χ0n) is 13.5. The first-order chi connectivity index (χ1) is 8.65. The van der Waals surface area contributed by atoms with Crippen LogP contribution in [-0.4, -0.2) is 17.7 Å². The maximum atomic E-state index is 11.7. The smallest absolute Gasteiger partial charge is 0.407 e. The van der Waals surface area contributed by atoms with Crippen LogP contribution < -0.4 is 5.32 Å². The maximum absolute atomic E-state index is 11.7. The van der Waals surface area contributed by atoms with E-state index in [4.69, 9.17) is 4.74 Å². The molecule has 0 aromatic rings. The SMILES string of the molecule is C=CCCC(C)C[C@@H](C)C(C)NC(=O)OC(C)(C)C. The fraction of sp³-hybridized carbons (Fsp3) is 0.812. The second kappa shape index (κ2) is 8.23. The van der Waals surface area contributed by atoms with Crippen LogP contribution in [-0.2, 0) is 4.74 Å². The summed E-state index contributed by atoms with van der Waals surface area (Å²) in [4.78, 5) is 11.7. The molecule has 0 aliphatic carbocycles. The molecular weight excluding hydrogens is 238 g/mol. The van der Waals surface area contributed by atoms with Gasteiger partial charge in [0.15, 0.2) is 0 Å². The molecule has 19 heavy (non-hydrogen) atoms. The number of carbonyl (C=O) groups excluding carboxylic acids is 1. The molecule has 3 heteroatoms. The van der Waals surface area contributed by atoms with E-state index in [1.807, 2.05) is 33.8 Å². The molecule has 0 aromatic heterocycles. The van der Waals surface area contributed by atoms with Crippen LogP contribution in [0.15, 0.2) is 12.7 Å². The van der Waals surface area contributed by atoms with E-state index in [-0.39, 0.29) is 12.1 Å². The summed E-state index contributed by atoms with van der Waals surface area (Å²) in [6.45, 7) is 15.8. The molecule has 1 N–H and O–H groups in total. The topological polar surface area (TPSA) is 38.3 Å². The van der Waals surface area contributed by atoms with Crippen molar-refractivity contribution in [3.8, 4) is 0 Å². The molecule has 0 aromatic carbocycles. The van der Waals surface area contributed by atoms with Gasteiger partial charge in [-0.3, -0.25) is 0 Å². The molecule has 112 valence electrons. The quantitative estimate of drug-likeness (QED) is 0.690. The highest BCUT2D eigenvalue weighted by Gasteiger charge is 2.21. The van der Waals surface area contributed by atoms with Crippen molar-refractivity contribution in [1.29, 1.82) is 0 Å². The predicted octanol–water partition coefficient (Wildman–Crippen LogP) is 4.53. The third-order valence-electron chi connectivity index (χ3n) is 3.24. The monoisotopic (exact) mass is 269 g/mol. The van der Waals surface area contributed by atoms with Gasteiger partial charge in [-0.1, -0.05) is 19.9 Å². The van der Waals surface area contributed by atoms with Crippen molar-refractivity contribution in [3.63, 3.8) is 0 Å². The molecule has 0 heterocycles. The molecule has 1 amide bonds. The van der Waals surface area contributed by atoms with E-state index >= 15 is 0 Å². The van der Waals surface area contributed by atoms with Gasteiger partial charge in [0.2, 0.25) is 0 Å². The molecule has 0 saturated carbocycles. The van der Waals surface area contributed by atoms with Crippen LogP contribution >= 0.6 is 0 Å². The Morgan fingerprint density at radius 3 is 2.37 bits per heavy atom. The average molecular weight is 269 g/mol. The molecule has 0 bridgehead atoms. The fourth-order valence-corrected chi connectivity index (χ4v) is 1.99. The summed E-state index contributed by atoms with van der Waals surface area (Å²) >= 11 is 0. The standard InChI is InChI=1S/C16H31NO2/c1-8-9-10-12(2)11-13(3)14(4)17-15(18)19-16(5,6)7/h8,12-14H,1,9-11H2,2-7H3,(H,17,18)/t12?,13-,14?/m1/s1. The van der Waals surface area contributed by atoms with E-state index in [1.54, 1.807) is 0 Å². The van der Waals surface area contributed by atoms with Gasteiger partial charge in [-0.15, -0.1) is 6.58 Å². The molecule has 0 aliphatic rings. The number of rotatable bonds is 7. The Hall–Kier alpha value is -0.990. The fourth-order valence-electron chi connectivity index (χ4n) is 1.99. The Morgan fingerprint density at radius 2 is 1.89 bits per heavy atom. The van der Waals surface area contributed by atoms with Gasteiger partial charge in [0.05, 0.1) is 0 Å². The number of allylic oxidation sites excluding steroid dienone is 1. The lowest BCUT2D eigenvalue weighted by molar-refractivity contribution is 0.0490. The molecule has 3 nitrogen and oxygen atoms in total. The normalized spacial score (nSPS) is 16.3. The summed E-state index contributed by atoms with van der Waals surface area (Å²) in [7, 11) is 0. The zero-order valence-corrected chi connectivity index (χ0v) is 13.5. The number of nitrogens with one attached hydrogen (secondary N) is 1. The summed E-state index contributed by atoms with van der Waals surface area (Å²) in [5.74, 6) is 1.09. The Kier molecular flexibility index (Phi) is 7.81. The Morgan fingerprint density at radius 1 is 1.32 bits per heavy atom. The number of amides is 1. The van der Waals surface area contributed by atoms with Crippen LogP contribution in [0.5, 0.6) is 0 Å². The minimum Gasteiger partial charge on any atom is -0.444 e. The number of hydrogen-bond donors (Lipinski definition) is 1. The minimum absolute atomic E-state index is 0.126. The molecule has 3 atom stereocenters. The van der Waals surface area contributed by atoms with Crippen molar-refractivity contribution in [2.24, 2.45) is 11.8 Å². The van der Waals surface area contributed by atoms with Crippen molar-refractivity contribution in [2.75, 3.05) is 0 Å². The van der Waals surface area contributed by atoms with Crippen LogP contribution in [0.3, 0.4) is 0 Å². The van der Waals surface area contributed by atoms with E-state index in [0.29, 0.717) is 11.8 Å². The lowest BCUT2D eigenvalue weighted by atomic mass is 9.89. The van der Waals surface area contributed by atoms with E-state index in [0.717, 1.165) is 19.3 Å². The second-order valence-corrected chi connectivity index (χ2v) is 6.62. The lowest BCUT2D eigenvalue weighted by Crippen LogP contribution is -2.41. The highest BCUT2D eigenvalue weighted by molar-refractivity contribution is 5.68. The Labute approximate surface area is 118 Å². The second-order valence-electron chi connectivity index (χ2n) is 6.62. The number of carbonyl (C=O) groups is 1. The summed E-state index contributed by atoms with van der Waals surface area (Å²) in [6.07, 6.45) is 4.95. The molecule has 0 aliphatic heterocycles. The minimum atomic E-state index is -0.440. The van der Waals surface area contributed by atoms with Gasteiger partial charge in [0.25, 0.3) is 0 Å². The van der Waals surface area contributed by atoms with E-state index in [1.165, 1.54) is 0 Å². The third kappa shape index (κ3) is 9.57. The van der Waals surface area contributed by atoms with Crippen LogP contribution in [0.2, 0.25) is 0 Å². The number of alkyl carbamates (subject to hydrolysis) is 1. The third-order valence-corrected chi connectivity index (χ3v) is 3.24. The van der Waals surface area contributed by atoms with Crippen LogP contribution in [0.25, 0.3) is 0 Å². The van der Waals surface area contributed by atoms with Crippen molar-refractivity contribution in [1.82, 2.24) is 5.32 Å². The van der Waals surface area contributed by atoms with Gasteiger partial charge in [-0.25, -0.2) is 4.79 Å². The molecule has 0 fully saturated rings. The highest BCUT2D eigenvalue weighted by Crippen LogP contribution is 2.19. The summed E-state index contributed by atoms with van der Waals surface area (Å²) < 4.78 is 5.27. The van der Waals surface area contributed by atoms with E-state index in [9.17, 15) is 4.79 Å². The van der Waals surface area contributed by atoms with Gasteiger partial charge in [-0.05, 0) is 58.8 Å². The van der Waals surface area contributed by atoms with Gasteiger partial charge in [-0.2, -0.15) is 0 Å². The largest absolute Gasteiger partial charge is 0.444 e. The predicted molar refractivity (Wildman–Crippen MR) is 81.2 cm³/mol. The first kappa shape index (κ1) is 18.0. The van der Waals surface area contributed by atoms with E-state index < -0.39 is 5.60 Å². The summed E-state index contributed by atoms with van der Waals surface area (Å²) in [5.41, 5.74) is -0.440. The summed E-state index contributed by atoms with van der Waals surface area (Å²) in [5, 5.41) is 2.92. The Balaban J connectivity index is 4.08. The molecular formula is C16H31NO2. The van der Waals surface area contributed by atoms with Crippen LogP contribution in [0, 0.1) is 11.8 Å². The van der Waals surface area contributed by atoms with Crippen LogP contribution in [0.4, 0.5) is 4.79 Å². The summed E-state index contributed by atoms with van der Waals surface area (Å²) in [6, 6.07) is 0.126. The number of hydrogen-bond acceptors (Lipinski definition) is 2. The first-order valence-corrected chi connectivity index (χ1v) is 7.26. The zero-order chi connectivity index (χ0) is 15.1. The highest BCUT2D eigenvalue weighted by atomic mass is 16.6. The molecule has 0 spiro atoms. The average Bonchev–Trinajstić information content (AvgIpc) is 2.23. The maximum Gasteiger partial charge on any atom is 0.407 e. The van der Waals surface area contributed by atoms with Gasteiger partial charge >= 0.3 is 6.09 Å².